The van der Waals surface area contributed by atoms with E-state index in [0.29, 0.717) is 11.3 Å². The first kappa shape index (κ1) is 11.4. The summed E-state index contributed by atoms with van der Waals surface area (Å²) in [6, 6.07) is 7.32. The van der Waals surface area contributed by atoms with Crippen molar-refractivity contribution in [1.82, 2.24) is 15.0 Å². The molecule has 3 rings (SSSR count). The minimum Gasteiger partial charge on any atom is -0.344 e. The Morgan fingerprint density at radius 3 is 3.00 bits per heavy atom. The Balaban J connectivity index is 1.87. The van der Waals surface area contributed by atoms with Crippen molar-refractivity contribution < 1.29 is 4.79 Å². The normalized spacial score (nSPS) is 10.6. The zero-order valence-corrected chi connectivity index (χ0v) is 10.3. The van der Waals surface area contributed by atoms with Crippen LogP contribution in [-0.2, 0) is 0 Å². The number of aryl methyl sites for hydroxylation is 1. The van der Waals surface area contributed by atoms with Crippen molar-refractivity contribution in [3.8, 4) is 0 Å². The summed E-state index contributed by atoms with van der Waals surface area (Å²) in [6.07, 6.45) is 4.79. The lowest BCUT2D eigenvalue weighted by molar-refractivity contribution is 0.102. The molecular weight excluding hydrogens is 240 g/mol. The zero-order valence-electron chi connectivity index (χ0n) is 10.3. The molecule has 0 fully saturated rings. The Labute approximate surface area is 109 Å². The number of aromatic nitrogens is 3. The Kier molecular flexibility index (Phi) is 2.72. The van der Waals surface area contributed by atoms with Gasteiger partial charge in [-0.1, -0.05) is 0 Å². The molecule has 0 aromatic carbocycles. The van der Waals surface area contributed by atoms with E-state index in [1.54, 1.807) is 24.5 Å². The van der Waals surface area contributed by atoms with Crippen molar-refractivity contribution in [3.63, 3.8) is 0 Å². The largest absolute Gasteiger partial charge is 0.344 e. The molecule has 19 heavy (non-hydrogen) atoms. The first-order valence-corrected chi connectivity index (χ1v) is 5.89. The molecule has 0 aliphatic rings. The van der Waals surface area contributed by atoms with Gasteiger partial charge < -0.3 is 10.3 Å². The van der Waals surface area contributed by atoms with E-state index in [1.165, 1.54) is 6.20 Å². The van der Waals surface area contributed by atoms with Crippen LogP contribution in [0.25, 0.3) is 11.0 Å². The van der Waals surface area contributed by atoms with Crippen LogP contribution < -0.4 is 5.32 Å². The maximum atomic E-state index is 12.0. The SMILES string of the molecule is Cc1cc2cc(NC(=O)c3cccnc3)cnc2[nH]1. The van der Waals surface area contributed by atoms with Gasteiger partial charge in [0.25, 0.3) is 5.91 Å². The Hall–Kier alpha value is -2.69. The Morgan fingerprint density at radius 2 is 2.21 bits per heavy atom. The summed E-state index contributed by atoms with van der Waals surface area (Å²) in [5.74, 6) is -0.193. The molecule has 0 bridgehead atoms. The number of rotatable bonds is 2. The minimum atomic E-state index is -0.193. The van der Waals surface area contributed by atoms with Gasteiger partial charge in [-0.3, -0.25) is 9.78 Å². The monoisotopic (exact) mass is 252 g/mol. The third-order valence-corrected chi connectivity index (χ3v) is 2.79. The van der Waals surface area contributed by atoms with Crippen molar-refractivity contribution in [2.75, 3.05) is 5.32 Å². The molecule has 0 saturated carbocycles. The third kappa shape index (κ3) is 2.30. The van der Waals surface area contributed by atoms with Crippen molar-refractivity contribution in [1.29, 1.82) is 0 Å². The van der Waals surface area contributed by atoms with E-state index in [-0.39, 0.29) is 5.91 Å². The molecule has 3 aromatic rings. The molecule has 2 N–H and O–H groups in total. The molecule has 0 aliphatic heterocycles. The number of carbonyl (C=O) groups is 1. The van der Waals surface area contributed by atoms with E-state index in [0.717, 1.165) is 16.7 Å². The van der Waals surface area contributed by atoms with Gasteiger partial charge in [0.05, 0.1) is 17.4 Å². The molecule has 5 heteroatoms. The second kappa shape index (κ2) is 4.53. The lowest BCUT2D eigenvalue weighted by Crippen LogP contribution is -2.12. The number of H-pyrrole nitrogens is 1. The van der Waals surface area contributed by atoms with Gasteiger partial charge in [-0.2, -0.15) is 0 Å². The fourth-order valence-corrected chi connectivity index (χ4v) is 1.92. The number of amides is 1. The minimum absolute atomic E-state index is 0.193. The van der Waals surface area contributed by atoms with Crippen molar-refractivity contribution in [2.24, 2.45) is 0 Å². The predicted molar refractivity (Wildman–Crippen MR) is 73.0 cm³/mol. The summed E-state index contributed by atoms with van der Waals surface area (Å²) in [6.45, 7) is 1.97. The fourth-order valence-electron chi connectivity index (χ4n) is 1.92. The van der Waals surface area contributed by atoms with E-state index in [1.807, 2.05) is 19.1 Å². The highest BCUT2D eigenvalue weighted by molar-refractivity contribution is 6.04. The first-order chi connectivity index (χ1) is 9.22. The summed E-state index contributed by atoms with van der Waals surface area (Å²) in [5, 5.41) is 3.78. The summed E-state index contributed by atoms with van der Waals surface area (Å²) in [5.41, 5.74) is 3.04. The van der Waals surface area contributed by atoms with Gasteiger partial charge in [0.1, 0.15) is 5.65 Å². The number of aromatic amines is 1. The molecule has 5 nitrogen and oxygen atoms in total. The van der Waals surface area contributed by atoms with Gasteiger partial charge in [0.15, 0.2) is 0 Å². The average Bonchev–Trinajstić information content (AvgIpc) is 2.79. The Bertz CT molecular complexity index is 734. The molecule has 0 spiro atoms. The molecule has 0 aliphatic carbocycles. The maximum absolute atomic E-state index is 12.0. The van der Waals surface area contributed by atoms with Crippen LogP contribution in [0.2, 0.25) is 0 Å². The van der Waals surface area contributed by atoms with E-state index >= 15 is 0 Å². The van der Waals surface area contributed by atoms with Gasteiger partial charge in [-0.15, -0.1) is 0 Å². The molecule has 0 atom stereocenters. The highest BCUT2D eigenvalue weighted by atomic mass is 16.1. The van der Waals surface area contributed by atoms with Gasteiger partial charge in [-0.25, -0.2) is 4.98 Å². The van der Waals surface area contributed by atoms with Gasteiger partial charge in [0, 0.05) is 23.5 Å². The molecule has 0 saturated heterocycles. The van der Waals surface area contributed by atoms with Crippen molar-refractivity contribution >= 4 is 22.6 Å². The van der Waals surface area contributed by atoms with Gasteiger partial charge >= 0.3 is 0 Å². The molecular formula is C14H12N4O. The smallest absolute Gasteiger partial charge is 0.257 e. The molecule has 0 radical (unpaired) electrons. The summed E-state index contributed by atoms with van der Waals surface area (Å²) >= 11 is 0. The highest BCUT2D eigenvalue weighted by Crippen LogP contribution is 2.17. The van der Waals surface area contributed by atoms with E-state index in [4.69, 9.17) is 0 Å². The van der Waals surface area contributed by atoms with Crippen LogP contribution in [0, 0.1) is 6.92 Å². The second-order valence-corrected chi connectivity index (χ2v) is 4.31. The summed E-state index contributed by atoms with van der Waals surface area (Å²) in [7, 11) is 0. The first-order valence-electron chi connectivity index (χ1n) is 5.89. The Morgan fingerprint density at radius 1 is 1.32 bits per heavy atom. The molecule has 3 heterocycles. The zero-order chi connectivity index (χ0) is 13.2. The number of hydrogen-bond donors (Lipinski definition) is 2. The number of nitrogens with one attached hydrogen (secondary N) is 2. The summed E-state index contributed by atoms with van der Waals surface area (Å²) < 4.78 is 0. The number of carbonyl (C=O) groups excluding carboxylic acids is 1. The number of anilines is 1. The second-order valence-electron chi connectivity index (χ2n) is 4.31. The number of hydrogen-bond acceptors (Lipinski definition) is 3. The average molecular weight is 252 g/mol. The molecule has 1 amide bonds. The van der Waals surface area contributed by atoms with Crippen molar-refractivity contribution in [2.45, 2.75) is 6.92 Å². The van der Waals surface area contributed by atoms with Crippen LogP contribution in [0.15, 0.2) is 42.9 Å². The van der Waals surface area contributed by atoms with E-state index < -0.39 is 0 Å². The molecule has 3 aromatic heterocycles. The summed E-state index contributed by atoms with van der Waals surface area (Å²) in [4.78, 5) is 23.3. The highest BCUT2D eigenvalue weighted by Gasteiger charge is 2.07. The van der Waals surface area contributed by atoms with Crippen LogP contribution in [0.3, 0.4) is 0 Å². The number of nitrogens with zero attached hydrogens (tertiary/aromatic N) is 2. The van der Waals surface area contributed by atoms with E-state index in [9.17, 15) is 4.79 Å². The predicted octanol–water partition coefficient (Wildman–Crippen LogP) is 2.52. The number of fused-ring (bicyclic) bond motifs is 1. The third-order valence-electron chi connectivity index (χ3n) is 2.79. The van der Waals surface area contributed by atoms with Crippen LogP contribution in [0.5, 0.6) is 0 Å². The van der Waals surface area contributed by atoms with Crippen LogP contribution in [-0.4, -0.2) is 20.9 Å². The van der Waals surface area contributed by atoms with Gasteiger partial charge in [-0.05, 0) is 31.2 Å². The fraction of sp³-hybridized carbons (Fsp3) is 0.0714. The number of pyridine rings is 2. The lowest BCUT2D eigenvalue weighted by atomic mass is 10.2. The quantitative estimate of drug-likeness (QED) is 0.736. The lowest BCUT2D eigenvalue weighted by Gasteiger charge is -2.04. The van der Waals surface area contributed by atoms with Crippen LogP contribution in [0.1, 0.15) is 16.1 Å². The van der Waals surface area contributed by atoms with Crippen LogP contribution >= 0.6 is 0 Å². The van der Waals surface area contributed by atoms with Crippen LogP contribution in [0.4, 0.5) is 5.69 Å². The van der Waals surface area contributed by atoms with Gasteiger partial charge in [0.2, 0.25) is 0 Å². The molecule has 94 valence electrons. The molecule has 0 unspecified atom stereocenters. The van der Waals surface area contributed by atoms with Crippen molar-refractivity contribution in [3.05, 3.63) is 54.1 Å². The standard InChI is InChI=1S/C14H12N4O/c1-9-5-11-6-12(8-16-13(11)17-9)18-14(19)10-3-2-4-15-7-10/h2-8H,1H3,(H,16,17)(H,18,19). The van der Waals surface area contributed by atoms with E-state index in [2.05, 4.69) is 20.3 Å². The topological polar surface area (TPSA) is 70.7 Å². The maximum Gasteiger partial charge on any atom is 0.257 e.